The molecule has 3 N–H and O–H groups in total. The Morgan fingerprint density at radius 2 is 1.87 bits per heavy atom. The summed E-state index contributed by atoms with van der Waals surface area (Å²) in [5, 5.41) is 11.2. The molecule has 0 spiro atoms. The van der Waals surface area contributed by atoms with Crippen LogP contribution < -0.4 is 10.9 Å². The smallest absolute Gasteiger partial charge is 0.303 e. The predicted molar refractivity (Wildman–Crippen MR) is 86.7 cm³/mol. The van der Waals surface area contributed by atoms with Crippen LogP contribution in [0.5, 0.6) is 0 Å². The Hall–Kier alpha value is -2.18. The van der Waals surface area contributed by atoms with Crippen molar-refractivity contribution in [1.29, 1.82) is 0 Å². The second-order valence-electron chi connectivity index (χ2n) is 6.59. The van der Waals surface area contributed by atoms with Gasteiger partial charge in [-0.2, -0.15) is 0 Å². The first-order valence-corrected chi connectivity index (χ1v) is 7.74. The molecule has 7 nitrogen and oxygen atoms in total. The maximum atomic E-state index is 12.1. The van der Waals surface area contributed by atoms with Gasteiger partial charge < -0.3 is 15.4 Å². The average molecular weight is 323 g/mol. The number of unbranched alkanes of at least 4 members (excludes halogenated alkanes) is 2. The molecule has 0 saturated heterocycles. The molecule has 0 fully saturated rings. The van der Waals surface area contributed by atoms with E-state index in [0.29, 0.717) is 37.3 Å². The van der Waals surface area contributed by atoms with Crippen LogP contribution in [0, 0.1) is 6.92 Å². The first kappa shape index (κ1) is 18.9. The van der Waals surface area contributed by atoms with Crippen molar-refractivity contribution >= 4 is 11.9 Å². The number of carbonyl (C=O) groups excluding carboxylic acids is 1. The summed E-state index contributed by atoms with van der Waals surface area (Å²) in [6.07, 6.45) is 2.09. The molecule has 0 aliphatic rings. The Labute approximate surface area is 135 Å². The van der Waals surface area contributed by atoms with Gasteiger partial charge in [0, 0.05) is 18.4 Å². The van der Waals surface area contributed by atoms with Gasteiger partial charge in [0.25, 0.3) is 11.5 Å². The molecule has 0 aromatic carbocycles. The van der Waals surface area contributed by atoms with Crippen molar-refractivity contribution in [3.8, 4) is 0 Å². The SMILES string of the molecule is Cc1nc(C(C)(C)C)[nH]c(=O)c1C(=O)NCCCCCC(=O)O. The molecule has 0 aliphatic heterocycles. The van der Waals surface area contributed by atoms with Crippen LogP contribution in [-0.2, 0) is 10.2 Å². The third kappa shape index (κ3) is 5.84. The maximum Gasteiger partial charge on any atom is 0.303 e. The number of rotatable bonds is 7. The number of carboxylic acids is 1. The molecule has 128 valence electrons. The minimum atomic E-state index is -0.818. The van der Waals surface area contributed by atoms with Gasteiger partial charge in [0.1, 0.15) is 11.4 Å². The van der Waals surface area contributed by atoms with E-state index in [-0.39, 0.29) is 17.4 Å². The van der Waals surface area contributed by atoms with Crippen LogP contribution in [0.2, 0.25) is 0 Å². The number of carboxylic acid groups (broad SMARTS) is 1. The summed E-state index contributed by atoms with van der Waals surface area (Å²) in [6, 6.07) is 0. The van der Waals surface area contributed by atoms with Crippen LogP contribution in [0.25, 0.3) is 0 Å². The van der Waals surface area contributed by atoms with Crippen LogP contribution in [-0.4, -0.2) is 33.5 Å². The molecule has 23 heavy (non-hydrogen) atoms. The zero-order chi connectivity index (χ0) is 17.6. The number of aliphatic carboxylic acids is 1. The molecule has 0 saturated carbocycles. The van der Waals surface area contributed by atoms with Crippen LogP contribution in [0.4, 0.5) is 0 Å². The summed E-state index contributed by atoms with van der Waals surface area (Å²) < 4.78 is 0. The van der Waals surface area contributed by atoms with Crippen molar-refractivity contribution in [1.82, 2.24) is 15.3 Å². The summed E-state index contributed by atoms with van der Waals surface area (Å²) in [5.41, 5.74) is -0.306. The van der Waals surface area contributed by atoms with Crippen molar-refractivity contribution < 1.29 is 14.7 Å². The third-order valence-electron chi connectivity index (χ3n) is 3.39. The second kappa shape index (κ2) is 7.89. The van der Waals surface area contributed by atoms with Gasteiger partial charge >= 0.3 is 5.97 Å². The van der Waals surface area contributed by atoms with E-state index in [1.54, 1.807) is 6.92 Å². The summed E-state index contributed by atoms with van der Waals surface area (Å²) in [6.45, 7) is 7.84. The van der Waals surface area contributed by atoms with E-state index in [0.717, 1.165) is 0 Å². The number of H-pyrrole nitrogens is 1. The maximum absolute atomic E-state index is 12.1. The first-order chi connectivity index (χ1) is 10.6. The molecule has 1 heterocycles. The molecule has 0 atom stereocenters. The largest absolute Gasteiger partial charge is 0.481 e. The molecule has 1 rings (SSSR count). The molecule has 0 aliphatic carbocycles. The molecule has 1 aromatic heterocycles. The number of carbonyl (C=O) groups is 2. The number of aromatic nitrogens is 2. The highest BCUT2D eigenvalue weighted by Crippen LogP contribution is 2.17. The van der Waals surface area contributed by atoms with Crippen LogP contribution >= 0.6 is 0 Å². The number of nitrogens with zero attached hydrogens (tertiary/aromatic N) is 1. The van der Waals surface area contributed by atoms with Crippen molar-refractivity contribution in [2.45, 2.75) is 58.8 Å². The van der Waals surface area contributed by atoms with Crippen molar-refractivity contribution in [3.05, 3.63) is 27.4 Å². The summed E-state index contributed by atoms with van der Waals surface area (Å²) >= 11 is 0. The highest BCUT2D eigenvalue weighted by molar-refractivity contribution is 5.94. The highest BCUT2D eigenvalue weighted by Gasteiger charge is 2.21. The van der Waals surface area contributed by atoms with E-state index in [1.807, 2.05) is 20.8 Å². The Bertz CT molecular complexity index is 629. The number of aromatic amines is 1. The quantitative estimate of drug-likeness (QED) is 0.662. The number of amides is 1. The van der Waals surface area contributed by atoms with Crippen molar-refractivity contribution in [3.63, 3.8) is 0 Å². The normalized spacial score (nSPS) is 11.3. The van der Waals surface area contributed by atoms with Crippen LogP contribution in [0.1, 0.15) is 68.3 Å². The van der Waals surface area contributed by atoms with Crippen molar-refractivity contribution in [2.24, 2.45) is 0 Å². The monoisotopic (exact) mass is 323 g/mol. The topological polar surface area (TPSA) is 112 Å². The number of hydrogen-bond donors (Lipinski definition) is 3. The van der Waals surface area contributed by atoms with Crippen molar-refractivity contribution in [2.75, 3.05) is 6.54 Å². The Kier molecular flexibility index (Phi) is 6.48. The highest BCUT2D eigenvalue weighted by atomic mass is 16.4. The van der Waals surface area contributed by atoms with E-state index in [2.05, 4.69) is 15.3 Å². The minimum Gasteiger partial charge on any atom is -0.481 e. The minimum absolute atomic E-state index is 0.0311. The summed E-state index contributed by atoms with van der Waals surface area (Å²) in [4.78, 5) is 41.6. The lowest BCUT2D eigenvalue weighted by molar-refractivity contribution is -0.137. The zero-order valence-electron chi connectivity index (χ0n) is 14.2. The van der Waals surface area contributed by atoms with Gasteiger partial charge in [-0.3, -0.25) is 14.4 Å². The molecular formula is C16H25N3O4. The lowest BCUT2D eigenvalue weighted by Gasteiger charge is -2.18. The van der Waals surface area contributed by atoms with Gasteiger partial charge in [-0.25, -0.2) is 4.98 Å². The fraction of sp³-hybridized carbons (Fsp3) is 0.625. The summed E-state index contributed by atoms with van der Waals surface area (Å²) in [7, 11) is 0. The van der Waals surface area contributed by atoms with Gasteiger partial charge in [-0.1, -0.05) is 27.2 Å². The first-order valence-electron chi connectivity index (χ1n) is 7.74. The lowest BCUT2D eigenvalue weighted by Crippen LogP contribution is -2.34. The molecule has 7 heteroatoms. The molecule has 0 radical (unpaired) electrons. The van der Waals surface area contributed by atoms with Gasteiger partial charge in [0.2, 0.25) is 0 Å². The van der Waals surface area contributed by atoms with Crippen LogP contribution in [0.15, 0.2) is 4.79 Å². The molecule has 0 bridgehead atoms. The molecule has 0 unspecified atom stereocenters. The predicted octanol–water partition coefficient (Wildman–Crippen LogP) is 1.75. The average Bonchev–Trinajstić information content (AvgIpc) is 2.40. The van der Waals surface area contributed by atoms with E-state index in [9.17, 15) is 14.4 Å². The van der Waals surface area contributed by atoms with E-state index >= 15 is 0 Å². The molecular weight excluding hydrogens is 298 g/mol. The Balaban J connectivity index is 2.64. The van der Waals surface area contributed by atoms with Gasteiger partial charge in [0.05, 0.1) is 5.69 Å². The lowest BCUT2D eigenvalue weighted by atomic mass is 9.95. The standard InChI is InChI=1S/C16H25N3O4/c1-10-12(14(23)19-15(18-10)16(2,3)4)13(22)17-9-7-5-6-8-11(20)21/h5-9H2,1-4H3,(H,17,22)(H,20,21)(H,18,19,23). The number of aryl methyl sites for hydroxylation is 1. The molecule has 1 amide bonds. The Morgan fingerprint density at radius 3 is 2.39 bits per heavy atom. The molecule has 1 aromatic rings. The Morgan fingerprint density at radius 1 is 1.22 bits per heavy atom. The van der Waals surface area contributed by atoms with E-state index < -0.39 is 17.4 Å². The van der Waals surface area contributed by atoms with Gasteiger partial charge in [-0.15, -0.1) is 0 Å². The van der Waals surface area contributed by atoms with Gasteiger partial charge in [0.15, 0.2) is 0 Å². The van der Waals surface area contributed by atoms with E-state index in [4.69, 9.17) is 5.11 Å². The number of nitrogens with one attached hydrogen (secondary N) is 2. The van der Waals surface area contributed by atoms with E-state index in [1.165, 1.54) is 0 Å². The zero-order valence-corrected chi connectivity index (χ0v) is 14.2. The number of hydrogen-bond acceptors (Lipinski definition) is 4. The fourth-order valence-electron chi connectivity index (χ4n) is 2.08. The van der Waals surface area contributed by atoms with Gasteiger partial charge in [-0.05, 0) is 19.8 Å². The second-order valence-corrected chi connectivity index (χ2v) is 6.59. The van der Waals surface area contributed by atoms with Crippen LogP contribution in [0.3, 0.4) is 0 Å². The third-order valence-corrected chi connectivity index (χ3v) is 3.39. The fourth-order valence-corrected chi connectivity index (χ4v) is 2.08. The summed E-state index contributed by atoms with van der Waals surface area (Å²) in [5.74, 6) is -0.721.